The molecule has 2 heterocycles. The third-order valence-corrected chi connectivity index (χ3v) is 3.98. The summed E-state index contributed by atoms with van der Waals surface area (Å²) in [7, 11) is 0. The van der Waals surface area contributed by atoms with Gasteiger partial charge in [-0.1, -0.05) is 12.1 Å². The zero-order chi connectivity index (χ0) is 13.9. The second-order valence-corrected chi connectivity index (χ2v) is 5.48. The van der Waals surface area contributed by atoms with Gasteiger partial charge in [-0.2, -0.15) is 0 Å². The lowest BCUT2D eigenvalue weighted by molar-refractivity contribution is 0.453. The highest BCUT2D eigenvalue weighted by Gasteiger charge is 2.18. The summed E-state index contributed by atoms with van der Waals surface area (Å²) < 4.78 is 13.0. The highest BCUT2D eigenvalue weighted by atomic mass is 19.1. The van der Waals surface area contributed by atoms with Crippen LogP contribution >= 0.6 is 0 Å². The largest absolute Gasteiger partial charge is 0.316 e. The van der Waals surface area contributed by atoms with Crippen LogP contribution in [-0.2, 0) is 0 Å². The van der Waals surface area contributed by atoms with Crippen molar-refractivity contribution >= 4 is 0 Å². The number of halogens is 1. The Hall–Kier alpha value is -1.74. The standard InChI is InChI=1S/C17H19FN2/c1-12-9-15(13-4-6-16(18)7-5-13)11-20-17(12)14-3-2-8-19-10-14/h4-7,9,11,14,19H,2-3,8,10H2,1H3. The SMILES string of the molecule is Cc1cc(-c2ccc(F)cc2)cnc1C1CCCNC1. The maximum absolute atomic E-state index is 13.0. The number of aromatic nitrogens is 1. The minimum atomic E-state index is -0.205. The van der Waals surface area contributed by atoms with Crippen LogP contribution in [0, 0.1) is 12.7 Å². The molecule has 1 aromatic heterocycles. The molecule has 20 heavy (non-hydrogen) atoms. The van der Waals surface area contributed by atoms with Crippen molar-refractivity contribution in [1.82, 2.24) is 10.3 Å². The molecular weight excluding hydrogens is 251 g/mol. The third kappa shape index (κ3) is 2.73. The van der Waals surface area contributed by atoms with Crippen LogP contribution in [0.3, 0.4) is 0 Å². The number of nitrogens with zero attached hydrogens (tertiary/aromatic N) is 1. The van der Waals surface area contributed by atoms with E-state index in [9.17, 15) is 4.39 Å². The molecule has 0 amide bonds. The van der Waals surface area contributed by atoms with Crippen molar-refractivity contribution in [2.75, 3.05) is 13.1 Å². The number of aryl methyl sites for hydroxylation is 1. The first kappa shape index (κ1) is 13.3. The molecule has 0 radical (unpaired) electrons. The first-order valence-corrected chi connectivity index (χ1v) is 7.17. The molecule has 0 aliphatic carbocycles. The van der Waals surface area contributed by atoms with Gasteiger partial charge < -0.3 is 5.32 Å². The van der Waals surface area contributed by atoms with Crippen LogP contribution in [0.5, 0.6) is 0 Å². The van der Waals surface area contributed by atoms with E-state index in [2.05, 4.69) is 23.3 Å². The van der Waals surface area contributed by atoms with Gasteiger partial charge in [0, 0.05) is 29.9 Å². The summed E-state index contributed by atoms with van der Waals surface area (Å²) in [5, 5.41) is 3.43. The van der Waals surface area contributed by atoms with Gasteiger partial charge in [0.25, 0.3) is 0 Å². The molecule has 3 heteroatoms. The number of hydrogen-bond donors (Lipinski definition) is 1. The fourth-order valence-electron chi connectivity index (χ4n) is 2.90. The fraction of sp³-hybridized carbons (Fsp3) is 0.353. The molecule has 0 saturated carbocycles. The van der Waals surface area contributed by atoms with Crippen LogP contribution in [0.25, 0.3) is 11.1 Å². The molecule has 2 aromatic rings. The first-order valence-electron chi connectivity index (χ1n) is 7.17. The molecule has 1 aliphatic rings. The van der Waals surface area contributed by atoms with E-state index >= 15 is 0 Å². The quantitative estimate of drug-likeness (QED) is 0.900. The van der Waals surface area contributed by atoms with Gasteiger partial charge in [0.1, 0.15) is 5.82 Å². The van der Waals surface area contributed by atoms with Gasteiger partial charge in [-0.3, -0.25) is 4.98 Å². The Bertz CT molecular complexity index is 586. The second kappa shape index (κ2) is 5.71. The van der Waals surface area contributed by atoms with Crippen molar-refractivity contribution < 1.29 is 4.39 Å². The van der Waals surface area contributed by atoms with E-state index in [0.717, 1.165) is 24.2 Å². The topological polar surface area (TPSA) is 24.9 Å². The van der Waals surface area contributed by atoms with E-state index in [0.29, 0.717) is 5.92 Å². The van der Waals surface area contributed by atoms with Crippen LogP contribution in [0.1, 0.15) is 30.0 Å². The van der Waals surface area contributed by atoms with Crippen LogP contribution in [-0.4, -0.2) is 18.1 Å². The van der Waals surface area contributed by atoms with E-state index in [1.54, 1.807) is 12.1 Å². The molecule has 1 aliphatic heterocycles. The maximum atomic E-state index is 13.0. The summed E-state index contributed by atoms with van der Waals surface area (Å²) in [6, 6.07) is 8.73. The summed E-state index contributed by atoms with van der Waals surface area (Å²) >= 11 is 0. The molecule has 1 saturated heterocycles. The third-order valence-electron chi connectivity index (χ3n) is 3.98. The van der Waals surface area contributed by atoms with Crippen molar-refractivity contribution in [1.29, 1.82) is 0 Å². The predicted molar refractivity (Wildman–Crippen MR) is 79.2 cm³/mol. The van der Waals surface area contributed by atoms with Crippen molar-refractivity contribution in [2.24, 2.45) is 0 Å². The number of rotatable bonds is 2. The molecule has 1 unspecified atom stereocenters. The highest BCUT2D eigenvalue weighted by molar-refractivity contribution is 5.63. The monoisotopic (exact) mass is 270 g/mol. The fourth-order valence-corrected chi connectivity index (χ4v) is 2.90. The van der Waals surface area contributed by atoms with Crippen LogP contribution in [0.15, 0.2) is 36.5 Å². The van der Waals surface area contributed by atoms with Crippen molar-refractivity contribution in [2.45, 2.75) is 25.7 Å². The molecule has 1 atom stereocenters. The molecule has 2 nitrogen and oxygen atoms in total. The average molecular weight is 270 g/mol. The lowest BCUT2D eigenvalue weighted by Crippen LogP contribution is -2.29. The number of hydrogen-bond acceptors (Lipinski definition) is 2. The van der Waals surface area contributed by atoms with Gasteiger partial charge >= 0.3 is 0 Å². The second-order valence-electron chi connectivity index (χ2n) is 5.48. The number of nitrogens with one attached hydrogen (secondary N) is 1. The first-order chi connectivity index (χ1) is 9.74. The molecule has 0 spiro atoms. The lowest BCUT2D eigenvalue weighted by atomic mass is 9.92. The summed E-state index contributed by atoms with van der Waals surface area (Å²) in [6.45, 7) is 4.25. The Morgan fingerprint density at radius 1 is 1.20 bits per heavy atom. The maximum Gasteiger partial charge on any atom is 0.123 e. The molecule has 104 valence electrons. The van der Waals surface area contributed by atoms with Crippen molar-refractivity contribution in [3.05, 3.63) is 53.6 Å². The van der Waals surface area contributed by atoms with Gasteiger partial charge in [0.2, 0.25) is 0 Å². The Morgan fingerprint density at radius 3 is 2.65 bits per heavy atom. The van der Waals surface area contributed by atoms with E-state index in [1.807, 2.05) is 6.20 Å². The predicted octanol–water partition coefficient (Wildman–Crippen LogP) is 3.66. The van der Waals surface area contributed by atoms with Gasteiger partial charge in [-0.05, 0) is 55.6 Å². The molecule has 1 aromatic carbocycles. The summed E-state index contributed by atoms with van der Waals surface area (Å²) in [6.07, 6.45) is 4.33. The van der Waals surface area contributed by atoms with Gasteiger partial charge in [-0.15, -0.1) is 0 Å². The Balaban J connectivity index is 1.88. The summed E-state index contributed by atoms with van der Waals surface area (Å²) in [5.41, 5.74) is 4.48. The molecular formula is C17H19FN2. The van der Waals surface area contributed by atoms with Gasteiger partial charge in [-0.25, -0.2) is 4.39 Å². The minimum Gasteiger partial charge on any atom is -0.316 e. The van der Waals surface area contributed by atoms with Crippen LogP contribution in [0.4, 0.5) is 4.39 Å². The van der Waals surface area contributed by atoms with E-state index in [1.165, 1.54) is 36.2 Å². The number of benzene rings is 1. The Kier molecular flexibility index (Phi) is 3.79. The van der Waals surface area contributed by atoms with Crippen LogP contribution in [0.2, 0.25) is 0 Å². The van der Waals surface area contributed by atoms with E-state index in [-0.39, 0.29) is 5.82 Å². The molecule has 1 N–H and O–H groups in total. The van der Waals surface area contributed by atoms with Crippen LogP contribution < -0.4 is 5.32 Å². The number of pyridine rings is 1. The highest BCUT2D eigenvalue weighted by Crippen LogP contribution is 2.27. The zero-order valence-corrected chi connectivity index (χ0v) is 11.7. The van der Waals surface area contributed by atoms with Gasteiger partial charge in [0.15, 0.2) is 0 Å². The normalized spacial score (nSPS) is 19.0. The van der Waals surface area contributed by atoms with E-state index < -0.39 is 0 Å². The number of piperidine rings is 1. The average Bonchev–Trinajstić information content (AvgIpc) is 2.49. The van der Waals surface area contributed by atoms with Crippen molar-refractivity contribution in [3.63, 3.8) is 0 Å². The van der Waals surface area contributed by atoms with Gasteiger partial charge in [0.05, 0.1) is 0 Å². The molecule has 0 bridgehead atoms. The molecule has 1 fully saturated rings. The minimum absolute atomic E-state index is 0.205. The molecule has 3 rings (SSSR count). The summed E-state index contributed by atoms with van der Waals surface area (Å²) in [5.74, 6) is 0.314. The Morgan fingerprint density at radius 2 is 2.00 bits per heavy atom. The summed E-state index contributed by atoms with van der Waals surface area (Å²) in [4.78, 5) is 4.67. The smallest absolute Gasteiger partial charge is 0.123 e. The van der Waals surface area contributed by atoms with Crippen molar-refractivity contribution in [3.8, 4) is 11.1 Å². The zero-order valence-electron chi connectivity index (χ0n) is 11.7. The Labute approximate surface area is 119 Å². The van der Waals surface area contributed by atoms with E-state index in [4.69, 9.17) is 0 Å². The lowest BCUT2D eigenvalue weighted by Gasteiger charge is -2.23.